The van der Waals surface area contributed by atoms with Gasteiger partial charge < -0.3 is 0 Å². The highest BCUT2D eigenvalue weighted by molar-refractivity contribution is 6.67. The van der Waals surface area contributed by atoms with Crippen molar-refractivity contribution in [2.45, 2.75) is 43.8 Å². The van der Waals surface area contributed by atoms with Crippen molar-refractivity contribution >= 4 is 52.2 Å². The second-order valence-corrected chi connectivity index (χ2v) is 8.48. The van der Waals surface area contributed by atoms with E-state index in [0.29, 0.717) is 0 Å². The molecule has 1 saturated carbocycles. The van der Waals surface area contributed by atoms with Crippen LogP contribution in [-0.2, 0) is 14.4 Å². The molecule has 6 heteroatoms. The fourth-order valence-electron chi connectivity index (χ4n) is 2.60. The molecular weight excluding hydrogens is 310 g/mol. The highest BCUT2D eigenvalue weighted by atomic mass is 35.6. The van der Waals surface area contributed by atoms with Crippen LogP contribution in [0.15, 0.2) is 0 Å². The van der Waals surface area contributed by atoms with Gasteiger partial charge in [-0.05, 0) is 12.3 Å². The van der Waals surface area contributed by atoms with E-state index >= 15 is 0 Å². The van der Waals surface area contributed by atoms with Crippen molar-refractivity contribution in [3.8, 4) is 0 Å². The van der Waals surface area contributed by atoms with Gasteiger partial charge in [-0.25, -0.2) is 0 Å². The van der Waals surface area contributed by atoms with Gasteiger partial charge >= 0.3 is 0 Å². The molecule has 0 spiro atoms. The van der Waals surface area contributed by atoms with Crippen molar-refractivity contribution in [1.82, 2.24) is 0 Å². The lowest BCUT2D eigenvalue weighted by Crippen LogP contribution is -2.44. The van der Waals surface area contributed by atoms with Gasteiger partial charge in [-0.2, -0.15) is 0 Å². The molecule has 1 rings (SSSR count). The van der Waals surface area contributed by atoms with Crippen LogP contribution in [0, 0.1) is 17.3 Å². The largest absolute Gasteiger partial charge is 0.300 e. The topological polar surface area (TPSA) is 51.2 Å². The van der Waals surface area contributed by atoms with Crippen LogP contribution in [0.4, 0.5) is 0 Å². The maximum atomic E-state index is 12.1. The Morgan fingerprint density at radius 1 is 1.26 bits per heavy atom. The average Bonchev–Trinajstić information content (AvgIpc) is 2.10. The minimum absolute atomic E-state index is 0.116. The van der Waals surface area contributed by atoms with Crippen LogP contribution in [0.3, 0.4) is 0 Å². The van der Waals surface area contributed by atoms with Gasteiger partial charge in [-0.3, -0.25) is 14.4 Å². The maximum absolute atomic E-state index is 12.1. The molecule has 1 fully saturated rings. The van der Waals surface area contributed by atoms with Crippen LogP contribution in [0.5, 0.6) is 0 Å². The van der Waals surface area contributed by atoms with E-state index in [1.807, 2.05) is 13.8 Å². The number of carbonyl (C=O) groups excluding carboxylic acids is 3. The van der Waals surface area contributed by atoms with Crippen molar-refractivity contribution in [2.75, 3.05) is 0 Å². The predicted octanol–water partition coefficient (Wildman–Crippen LogP) is 3.53. The number of ketones is 3. The molecule has 0 saturated heterocycles. The lowest BCUT2D eigenvalue weighted by Gasteiger charge is -2.35. The van der Waals surface area contributed by atoms with Gasteiger partial charge in [0.05, 0.1) is 5.92 Å². The molecule has 0 unspecified atom stereocenters. The molecular formula is C13H17Cl3O3. The van der Waals surface area contributed by atoms with Crippen LogP contribution in [0.2, 0.25) is 0 Å². The van der Waals surface area contributed by atoms with E-state index in [1.54, 1.807) is 0 Å². The van der Waals surface area contributed by atoms with E-state index in [-0.39, 0.29) is 42.0 Å². The Labute approximate surface area is 128 Å². The third-order valence-corrected chi connectivity index (χ3v) is 3.84. The number of rotatable bonds is 3. The van der Waals surface area contributed by atoms with E-state index in [9.17, 15) is 14.4 Å². The van der Waals surface area contributed by atoms with E-state index in [4.69, 9.17) is 34.8 Å². The highest BCUT2D eigenvalue weighted by Crippen LogP contribution is 2.42. The fourth-order valence-corrected chi connectivity index (χ4v) is 3.10. The minimum Gasteiger partial charge on any atom is -0.300 e. The molecule has 1 atom stereocenters. The summed E-state index contributed by atoms with van der Waals surface area (Å²) in [7, 11) is 0. The third-order valence-electron chi connectivity index (χ3n) is 3.38. The van der Waals surface area contributed by atoms with E-state index in [2.05, 4.69) is 0 Å². The molecule has 0 heterocycles. The molecule has 1 aliphatic carbocycles. The van der Waals surface area contributed by atoms with Gasteiger partial charge in [0.25, 0.3) is 0 Å². The number of Topliss-reactive ketones (excluding diaryl/α,β-unsaturated/α-hetero) is 3. The van der Waals surface area contributed by atoms with Gasteiger partial charge in [-0.1, -0.05) is 48.7 Å². The molecule has 19 heavy (non-hydrogen) atoms. The summed E-state index contributed by atoms with van der Waals surface area (Å²) in [5.41, 5.74) is -0.355. The number of hydrogen-bond donors (Lipinski definition) is 0. The Hall–Kier alpha value is -0.120. The normalized spacial score (nSPS) is 22.4. The second kappa shape index (κ2) is 5.71. The van der Waals surface area contributed by atoms with Gasteiger partial charge in [-0.15, -0.1) is 0 Å². The molecule has 0 aromatic carbocycles. The Balaban J connectivity index is 3.00. The summed E-state index contributed by atoms with van der Waals surface area (Å²) in [5.74, 6) is -2.55. The summed E-state index contributed by atoms with van der Waals surface area (Å²) in [4.78, 5) is 36.0. The first-order chi connectivity index (χ1) is 8.43. The van der Waals surface area contributed by atoms with E-state index in [0.717, 1.165) is 0 Å². The third kappa shape index (κ3) is 4.73. The highest BCUT2D eigenvalue weighted by Gasteiger charge is 2.46. The monoisotopic (exact) mass is 326 g/mol. The summed E-state index contributed by atoms with van der Waals surface area (Å²) in [6.07, 6.45) is 0.426. The summed E-state index contributed by atoms with van der Waals surface area (Å²) in [6.45, 7) is 5.04. The van der Waals surface area contributed by atoms with Crippen molar-refractivity contribution in [3.63, 3.8) is 0 Å². The predicted molar refractivity (Wildman–Crippen MR) is 75.6 cm³/mol. The quantitative estimate of drug-likeness (QED) is 0.588. The van der Waals surface area contributed by atoms with Gasteiger partial charge in [0.15, 0.2) is 3.79 Å². The molecule has 0 aliphatic heterocycles. The number of hydrogen-bond acceptors (Lipinski definition) is 3. The average molecular weight is 328 g/mol. The van der Waals surface area contributed by atoms with E-state index < -0.39 is 15.6 Å². The van der Waals surface area contributed by atoms with Crippen molar-refractivity contribution in [1.29, 1.82) is 0 Å². The molecule has 1 aliphatic rings. The van der Waals surface area contributed by atoms with Crippen LogP contribution < -0.4 is 0 Å². The standard InChI is InChI=1S/C13H17Cl3O3/c1-7(17)8(4-13(14,15)16)11-9(18)5-12(2,3)6-10(11)19/h8,11H,4-6H2,1-3H3/t8-/m0/s1. The van der Waals surface area contributed by atoms with Crippen LogP contribution in [0.1, 0.15) is 40.0 Å². The Bertz CT molecular complexity index is 390. The second-order valence-electron chi connectivity index (χ2n) is 5.96. The first kappa shape index (κ1) is 16.9. The van der Waals surface area contributed by atoms with Crippen LogP contribution >= 0.6 is 34.8 Å². The van der Waals surface area contributed by atoms with Crippen molar-refractivity contribution in [2.24, 2.45) is 17.3 Å². The van der Waals surface area contributed by atoms with E-state index in [1.165, 1.54) is 6.92 Å². The lowest BCUT2D eigenvalue weighted by atomic mass is 9.67. The summed E-state index contributed by atoms with van der Waals surface area (Å²) in [6, 6.07) is 0. The minimum atomic E-state index is -1.65. The van der Waals surface area contributed by atoms with Gasteiger partial charge in [0.1, 0.15) is 17.3 Å². The molecule has 0 bridgehead atoms. The molecule has 108 valence electrons. The first-order valence-corrected chi connectivity index (χ1v) is 7.19. The van der Waals surface area contributed by atoms with Gasteiger partial charge in [0.2, 0.25) is 0 Å². The zero-order chi connectivity index (χ0) is 15.0. The van der Waals surface area contributed by atoms with Crippen molar-refractivity contribution in [3.05, 3.63) is 0 Å². The smallest absolute Gasteiger partial charge is 0.191 e. The van der Waals surface area contributed by atoms with Crippen molar-refractivity contribution < 1.29 is 14.4 Å². The van der Waals surface area contributed by atoms with Crippen LogP contribution in [-0.4, -0.2) is 21.1 Å². The molecule has 0 aromatic rings. The van der Waals surface area contributed by atoms with Gasteiger partial charge in [0, 0.05) is 25.2 Å². The summed E-state index contributed by atoms with van der Waals surface area (Å²) >= 11 is 17.1. The summed E-state index contributed by atoms with van der Waals surface area (Å²) in [5, 5.41) is 0. The Morgan fingerprint density at radius 2 is 1.68 bits per heavy atom. The molecule has 0 aromatic heterocycles. The fraction of sp³-hybridized carbons (Fsp3) is 0.769. The number of alkyl halides is 3. The molecule has 0 radical (unpaired) electrons. The molecule has 0 N–H and O–H groups in total. The maximum Gasteiger partial charge on any atom is 0.191 e. The summed E-state index contributed by atoms with van der Waals surface area (Å²) < 4.78 is -1.65. The first-order valence-electron chi connectivity index (χ1n) is 6.05. The molecule has 3 nitrogen and oxygen atoms in total. The Kier molecular flexibility index (Phi) is 5.09. The van der Waals surface area contributed by atoms with Crippen LogP contribution in [0.25, 0.3) is 0 Å². The zero-order valence-corrected chi connectivity index (χ0v) is 13.4. The number of carbonyl (C=O) groups is 3. The molecule has 0 amide bonds. The SMILES string of the molecule is CC(=O)[C@H](CC(Cl)(Cl)Cl)C1C(=O)CC(C)(C)CC1=O. The zero-order valence-electron chi connectivity index (χ0n) is 11.1. The Morgan fingerprint density at radius 3 is 2.00 bits per heavy atom. The number of halogens is 3. The lowest BCUT2D eigenvalue weighted by molar-refractivity contribution is -0.145.